The lowest BCUT2D eigenvalue weighted by Crippen LogP contribution is -2.25. The van der Waals surface area contributed by atoms with Crippen molar-refractivity contribution in [1.29, 1.82) is 0 Å². The molecule has 1 aliphatic rings. The Morgan fingerprint density at radius 1 is 0.892 bits per heavy atom. The van der Waals surface area contributed by atoms with Gasteiger partial charge in [-0.2, -0.15) is 0 Å². The number of amides is 1. The fourth-order valence-electron chi connectivity index (χ4n) is 3.61. The summed E-state index contributed by atoms with van der Waals surface area (Å²) in [6.45, 7) is 0. The third-order valence-electron chi connectivity index (χ3n) is 5.40. The summed E-state index contributed by atoms with van der Waals surface area (Å²) in [6.07, 6.45) is 0.428. The van der Waals surface area contributed by atoms with Gasteiger partial charge in [-0.25, -0.2) is 0 Å². The van der Waals surface area contributed by atoms with Gasteiger partial charge in [-0.3, -0.25) is 34.1 Å². The Balaban J connectivity index is 1.45. The lowest BCUT2D eigenvalue weighted by Gasteiger charge is -2.18. The molecule has 3 aromatic carbocycles. The number of hydrogen-bond donors (Lipinski definition) is 2. The Hall–Kier alpha value is -4.96. The van der Waals surface area contributed by atoms with E-state index in [0.717, 1.165) is 6.07 Å². The van der Waals surface area contributed by atoms with Crippen LogP contribution in [-0.4, -0.2) is 34.0 Å². The highest BCUT2D eigenvalue weighted by Crippen LogP contribution is 2.28. The highest BCUT2D eigenvalue weighted by atomic mass is 35.5. The van der Waals surface area contributed by atoms with Crippen molar-refractivity contribution in [2.24, 2.45) is 0 Å². The zero-order chi connectivity index (χ0) is 26.7. The van der Waals surface area contributed by atoms with Gasteiger partial charge in [0, 0.05) is 40.2 Å². The van der Waals surface area contributed by atoms with Crippen molar-refractivity contribution < 1.29 is 28.9 Å². The van der Waals surface area contributed by atoms with Crippen molar-refractivity contribution in [1.82, 2.24) is 0 Å². The lowest BCUT2D eigenvalue weighted by atomic mass is 9.92. The minimum atomic E-state index is -1.12. The van der Waals surface area contributed by atoms with Crippen molar-refractivity contribution in [3.05, 3.63) is 105 Å². The van der Waals surface area contributed by atoms with Gasteiger partial charge in [0.05, 0.1) is 17.0 Å². The second-order valence-electron chi connectivity index (χ2n) is 7.90. The zero-order valence-corrected chi connectivity index (χ0v) is 19.6. The molecule has 0 saturated heterocycles. The summed E-state index contributed by atoms with van der Waals surface area (Å²) in [6, 6.07) is 16.2. The maximum absolute atomic E-state index is 12.7. The van der Waals surface area contributed by atoms with Crippen LogP contribution < -0.4 is 10.6 Å². The van der Waals surface area contributed by atoms with E-state index >= 15 is 0 Å². The van der Waals surface area contributed by atoms with Gasteiger partial charge in [0.1, 0.15) is 5.02 Å². The summed E-state index contributed by atoms with van der Waals surface area (Å²) in [5.74, 6) is -4.11. The van der Waals surface area contributed by atoms with Gasteiger partial charge >= 0.3 is 0 Å². The first kappa shape index (κ1) is 25.1. The summed E-state index contributed by atoms with van der Waals surface area (Å²) in [4.78, 5) is 71.7. The molecule has 1 amide bonds. The van der Waals surface area contributed by atoms with Crippen LogP contribution in [0.5, 0.6) is 0 Å². The molecule has 0 heterocycles. The first-order valence-electron chi connectivity index (χ1n) is 10.7. The van der Waals surface area contributed by atoms with Crippen LogP contribution in [0.25, 0.3) is 5.70 Å². The van der Waals surface area contributed by atoms with Crippen LogP contribution in [0.3, 0.4) is 0 Å². The van der Waals surface area contributed by atoms with Gasteiger partial charge in [-0.15, -0.1) is 0 Å². The SMILES string of the molecule is O=C1C=C(Nc2cccc(C(=O)CC(=O)C(=O)Nc3ccc(Cl)c([N+](=O)[O-])c3)c2)c2ccccc2C1=O. The average Bonchev–Trinajstić information content (AvgIpc) is 2.88. The van der Waals surface area contributed by atoms with Crippen LogP contribution in [0, 0.1) is 10.1 Å². The fraction of sp³-hybridized carbons (Fsp3) is 0.0385. The second kappa shape index (κ2) is 10.3. The molecular weight excluding hydrogens is 502 g/mol. The number of nitro benzene ring substituents is 1. The highest BCUT2D eigenvalue weighted by molar-refractivity contribution is 6.50. The Bertz CT molecular complexity index is 1540. The predicted molar refractivity (Wildman–Crippen MR) is 135 cm³/mol. The molecule has 3 aromatic rings. The minimum absolute atomic E-state index is 0.0258. The molecule has 0 bridgehead atoms. The number of fused-ring (bicyclic) bond motifs is 1. The van der Waals surface area contributed by atoms with E-state index in [9.17, 15) is 34.1 Å². The smallest absolute Gasteiger partial charge is 0.292 e. The van der Waals surface area contributed by atoms with E-state index in [-0.39, 0.29) is 21.8 Å². The van der Waals surface area contributed by atoms with E-state index in [0.29, 0.717) is 16.9 Å². The number of carbonyl (C=O) groups excluding carboxylic acids is 5. The molecule has 0 spiro atoms. The summed E-state index contributed by atoms with van der Waals surface area (Å²) in [5.41, 5.74) is 1.22. The Morgan fingerprint density at radius 2 is 1.62 bits per heavy atom. The van der Waals surface area contributed by atoms with E-state index in [1.165, 1.54) is 30.3 Å². The van der Waals surface area contributed by atoms with Crippen LogP contribution in [-0.2, 0) is 14.4 Å². The number of carbonyl (C=O) groups is 5. The standard InChI is InChI=1S/C26H16ClN3O7/c27-19-9-8-16(11-21(19)30(36)37)29-26(35)24(33)13-22(31)14-4-3-5-15(10-14)28-20-12-23(32)25(34)18-7-2-1-6-17(18)20/h1-12,28H,13H2,(H,29,35). The Labute approximate surface area is 214 Å². The molecule has 0 aromatic heterocycles. The van der Waals surface area contributed by atoms with Crippen molar-refractivity contribution >= 4 is 63.4 Å². The van der Waals surface area contributed by atoms with Gasteiger partial charge in [0.15, 0.2) is 5.78 Å². The molecule has 10 nitrogen and oxygen atoms in total. The molecule has 0 unspecified atom stereocenters. The monoisotopic (exact) mass is 517 g/mol. The first-order valence-corrected chi connectivity index (χ1v) is 11.1. The summed E-state index contributed by atoms with van der Waals surface area (Å²) >= 11 is 5.73. The number of hydrogen-bond acceptors (Lipinski definition) is 8. The number of benzene rings is 3. The molecule has 2 N–H and O–H groups in total. The number of halogens is 1. The third kappa shape index (κ3) is 5.49. The van der Waals surface area contributed by atoms with E-state index in [1.54, 1.807) is 36.4 Å². The normalized spacial score (nSPS) is 12.3. The Kier molecular flexibility index (Phi) is 7.03. The number of allylic oxidation sites excluding steroid dienone is 1. The minimum Gasteiger partial charge on any atom is -0.355 e. The third-order valence-corrected chi connectivity index (χ3v) is 5.72. The van der Waals surface area contributed by atoms with Crippen molar-refractivity contribution in [2.75, 3.05) is 10.6 Å². The Morgan fingerprint density at radius 3 is 2.35 bits per heavy atom. The summed E-state index contributed by atoms with van der Waals surface area (Å²) in [5, 5.41) is 16.1. The van der Waals surface area contributed by atoms with E-state index in [1.807, 2.05) is 0 Å². The molecule has 0 atom stereocenters. The summed E-state index contributed by atoms with van der Waals surface area (Å²) < 4.78 is 0. The molecule has 0 fully saturated rings. The molecule has 0 radical (unpaired) electrons. The van der Waals surface area contributed by atoms with Gasteiger partial charge in [-0.05, 0) is 24.3 Å². The number of ketones is 4. The molecule has 1 aliphatic carbocycles. The molecule has 11 heteroatoms. The largest absolute Gasteiger partial charge is 0.355 e. The van der Waals surface area contributed by atoms with E-state index < -0.39 is 46.1 Å². The zero-order valence-electron chi connectivity index (χ0n) is 18.8. The maximum atomic E-state index is 12.7. The topological polar surface area (TPSA) is 153 Å². The van der Waals surface area contributed by atoms with Gasteiger partial charge in [-0.1, -0.05) is 48.0 Å². The van der Waals surface area contributed by atoms with Gasteiger partial charge in [0.2, 0.25) is 17.3 Å². The van der Waals surface area contributed by atoms with Crippen LogP contribution in [0.2, 0.25) is 5.02 Å². The number of anilines is 2. The first-order chi connectivity index (χ1) is 17.6. The number of Topliss-reactive ketones (excluding diaryl/α,β-unsaturated/α-hetero) is 3. The summed E-state index contributed by atoms with van der Waals surface area (Å²) in [7, 11) is 0. The molecule has 4 rings (SSSR count). The number of nitrogens with one attached hydrogen (secondary N) is 2. The number of nitro groups is 1. The fourth-order valence-corrected chi connectivity index (χ4v) is 3.80. The molecular formula is C26H16ClN3O7. The number of rotatable bonds is 8. The van der Waals surface area contributed by atoms with Crippen molar-refractivity contribution in [2.45, 2.75) is 6.42 Å². The van der Waals surface area contributed by atoms with Crippen LogP contribution >= 0.6 is 11.6 Å². The quantitative estimate of drug-likeness (QED) is 0.148. The van der Waals surface area contributed by atoms with Gasteiger partial charge < -0.3 is 10.6 Å². The maximum Gasteiger partial charge on any atom is 0.292 e. The molecule has 0 aliphatic heterocycles. The van der Waals surface area contributed by atoms with Gasteiger partial charge in [0.25, 0.3) is 11.6 Å². The van der Waals surface area contributed by atoms with E-state index in [4.69, 9.17) is 11.6 Å². The lowest BCUT2D eigenvalue weighted by molar-refractivity contribution is -0.384. The van der Waals surface area contributed by atoms with Crippen molar-refractivity contribution in [3.63, 3.8) is 0 Å². The highest BCUT2D eigenvalue weighted by Gasteiger charge is 2.26. The second-order valence-corrected chi connectivity index (χ2v) is 8.31. The van der Waals surface area contributed by atoms with Crippen LogP contribution in [0.4, 0.5) is 17.1 Å². The molecule has 184 valence electrons. The van der Waals surface area contributed by atoms with Crippen LogP contribution in [0.15, 0.2) is 72.8 Å². The van der Waals surface area contributed by atoms with E-state index in [2.05, 4.69) is 10.6 Å². The molecule has 37 heavy (non-hydrogen) atoms. The number of nitrogens with zero attached hydrogens (tertiary/aromatic N) is 1. The van der Waals surface area contributed by atoms with Crippen LogP contribution in [0.1, 0.15) is 32.7 Å². The molecule has 0 saturated carbocycles. The average molecular weight is 518 g/mol. The predicted octanol–water partition coefficient (Wildman–Crippen LogP) is 4.25. The van der Waals surface area contributed by atoms with Crippen molar-refractivity contribution in [3.8, 4) is 0 Å².